The van der Waals surface area contributed by atoms with E-state index in [-0.39, 0.29) is 22.9 Å². The minimum atomic E-state index is -3.03. The minimum absolute atomic E-state index is 0.0947. The van der Waals surface area contributed by atoms with Crippen LogP contribution in [-0.4, -0.2) is 31.7 Å². The van der Waals surface area contributed by atoms with Crippen molar-refractivity contribution in [3.63, 3.8) is 0 Å². The van der Waals surface area contributed by atoms with E-state index in [1.807, 2.05) is 0 Å². The van der Waals surface area contributed by atoms with Crippen molar-refractivity contribution < 1.29 is 27.8 Å². The van der Waals surface area contributed by atoms with Gasteiger partial charge in [-0.15, -0.1) is 0 Å². The molecule has 0 radical (unpaired) electrons. The van der Waals surface area contributed by atoms with Gasteiger partial charge < -0.3 is 19.5 Å². The maximum Gasteiger partial charge on any atom is 0.387 e. The van der Waals surface area contributed by atoms with Gasteiger partial charge in [0.1, 0.15) is 0 Å². The average molecular weight is 324 g/mol. The van der Waals surface area contributed by atoms with Gasteiger partial charge in [0, 0.05) is 11.8 Å². The van der Waals surface area contributed by atoms with E-state index in [0.29, 0.717) is 5.75 Å². The Hall–Kier alpha value is -2.90. The summed E-state index contributed by atoms with van der Waals surface area (Å²) in [7, 11) is 2.75. The maximum atomic E-state index is 12.4. The molecule has 6 nitrogen and oxygen atoms in total. The van der Waals surface area contributed by atoms with Gasteiger partial charge in [0.15, 0.2) is 23.1 Å². The zero-order valence-corrected chi connectivity index (χ0v) is 12.4. The number of rotatable bonds is 6. The lowest BCUT2D eigenvalue weighted by Crippen LogP contribution is -2.14. The fourth-order valence-corrected chi connectivity index (χ4v) is 1.83. The highest BCUT2D eigenvalue weighted by atomic mass is 19.3. The molecule has 0 aliphatic rings. The van der Waals surface area contributed by atoms with Crippen molar-refractivity contribution in [3.05, 3.63) is 42.1 Å². The molecule has 2 aromatic rings. The molecule has 0 aliphatic heterocycles. The van der Waals surface area contributed by atoms with Crippen LogP contribution in [0.1, 0.15) is 10.4 Å². The highest BCUT2D eigenvalue weighted by molar-refractivity contribution is 6.04. The van der Waals surface area contributed by atoms with E-state index in [2.05, 4.69) is 15.0 Å². The monoisotopic (exact) mass is 324 g/mol. The van der Waals surface area contributed by atoms with E-state index >= 15 is 0 Å². The number of carbonyl (C=O) groups is 1. The first-order chi connectivity index (χ1) is 11.0. The minimum Gasteiger partial charge on any atom is -0.493 e. The number of nitrogens with one attached hydrogen (secondary N) is 1. The van der Waals surface area contributed by atoms with Crippen LogP contribution in [0.2, 0.25) is 0 Å². The van der Waals surface area contributed by atoms with Crippen molar-refractivity contribution in [2.75, 3.05) is 19.5 Å². The molecule has 23 heavy (non-hydrogen) atoms. The fourth-order valence-electron chi connectivity index (χ4n) is 1.83. The number of amides is 1. The zero-order chi connectivity index (χ0) is 16.8. The number of methoxy groups -OCH3 is 2. The highest BCUT2D eigenvalue weighted by Gasteiger charge is 2.16. The number of pyridine rings is 1. The SMILES string of the molecule is COc1ccc(C(=O)Nc2ncccc2OC)cc1OC(F)F. The van der Waals surface area contributed by atoms with Crippen LogP contribution in [0.4, 0.5) is 14.6 Å². The molecule has 0 bridgehead atoms. The predicted octanol–water partition coefficient (Wildman–Crippen LogP) is 2.95. The molecule has 2 rings (SSSR count). The summed E-state index contributed by atoms with van der Waals surface area (Å²) in [6.07, 6.45) is 1.48. The van der Waals surface area contributed by atoms with Gasteiger partial charge >= 0.3 is 6.61 Å². The number of anilines is 1. The van der Waals surface area contributed by atoms with Crippen LogP contribution in [0.25, 0.3) is 0 Å². The average Bonchev–Trinajstić information content (AvgIpc) is 2.54. The van der Waals surface area contributed by atoms with Gasteiger partial charge in [-0.3, -0.25) is 4.79 Å². The summed E-state index contributed by atoms with van der Waals surface area (Å²) >= 11 is 0. The van der Waals surface area contributed by atoms with Crippen LogP contribution in [0.5, 0.6) is 17.2 Å². The Kier molecular flexibility index (Phi) is 5.29. The molecule has 122 valence electrons. The standard InChI is InChI=1S/C15H14F2N2O4/c1-21-10-6-5-9(8-12(10)23-15(16)17)14(20)19-13-11(22-2)4-3-7-18-13/h3-8,15H,1-2H3,(H,18,19,20). The third kappa shape index (κ3) is 4.06. The first-order valence-electron chi connectivity index (χ1n) is 6.48. The van der Waals surface area contributed by atoms with Crippen LogP contribution in [0.15, 0.2) is 36.5 Å². The van der Waals surface area contributed by atoms with Gasteiger partial charge in [-0.2, -0.15) is 8.78 Å². The number of carbonyl (C=O) groups excluding carboxylic acids is 1. The molecule has 0 atom stereocenters. The summed E-state index contributed by atoms with van der Waals surface area (Å²) in [5.74, 6) is -0.102. The number of ether oxygens (including phenoxy) is 3. The van der Waals surface area contributed by atoms with Crippen LogP contribution < -0.4 is 19.5 Å². The zero-order valence-electron chi connectivity index (χ0n) is 12.4. The van der Waals surface area contributed by atoms with Crippen molar-refractivity contribution in [1.82, 2.24) is 4.98 Å². The molecule has 0 unspecified atom stereocenters. The molecule has 0 saturated carbocycles. The Bertz CT molecular complexity index is 695. The number of alkyl halides is 2. The Balaban J connectivity index is 2.25. The molecule has 1 aromatic heterocycles. The number of benzene rings is 1. The fraction of sp³-hybridized carbons (Fsp3) is 0.200. The molecule has 0 aliphatic carbocycles. The van der Waals surface area contributed by atoms with Gasteiger partial charge in [0.2, 0.25) is 0 Å². The van der Waals surface area contributed by atoms with Crippen molar-refractivity contribution in [2.45, 2.75) is 6.61 Å². The van der Waals surface area contributed by atoms with E-state index in [4.69, 9.17) is 9.47 Å². The molecule has 0 spiro atoms. The second-order valence-corrected chi connectivity index (χ2v) is 4.25. The lowest BCUT2D eigenvalue weighted by atomic mass is 10.2. The van der Waals surface area contributed by atoms with E-state index in [1.54, 1.807) is 12.1 Å². The summed E-state index contributed by atoms with van der Waals surface area (Å²) in [6, 6.07) is 7.22. The summed E-state index contributed by atoms with van der Waals surface area (Å²) in [5, 5.41) is 2.54. The smallest absolute Gasteiger partial charge is 0.387 e. The van der Waals surface area contributed by atoms with Crippen molar-refractivity contribution in [3.8, 4) is 17.2 Å². The molecular weight excluding hydrogens is 310 g/mol. The van der Waals surface area contributed by atoms with Crippen molar-refractivity contribution in [2.24, 2.45) is 0 Å². The Morgan fingerprint density at radius 1 is 1.13 bits per heavy atom. The van der Waals surface area contributed by atoms with Gasteiger partial charge in [0.25, 0.3) is 5.91 Å². The largest absolute Gasteiger partial charge is 0.493 e. The predicted molar refractivity (Wildman–Crippen MR) is 78.4 cm³/mol. The molecule has 0 saturated heterocycles. The number of aromatic nitrogens is 1. The number of nitrogens with zero attached hydrogens (tertiary/aromatic N) is 1. The second kappa shape index (κ2) is 7.39. The highest BCUT2D eigenvalue weighted by Crippen LogP contribution is 2.30. The van der Waals surface area contributed by atoms with Gasteiger partial charge in [-0.1, -0.05) is 0 Å². The molecule has 8 heteroatoms. The van der Waals surface area contributed by atoms with Crippen LogP contribution in [0.3, 0.4) is 0 Å². The third-order valence-corrected chi connectivity index (χ3v) is 2.86. The lowest BCUT2D eigenvalue weighted by molar-refractivity contribution is -0.0512. The number of hydrogen-bond acceptors (Lipinski definition) is 5. The Morgan fingerprint density at radius 3 is 2.52 bits per heavy atom. The summed E-state index contributed by atoms with van der Waals surface area (Å²) in [5.41, 5.74) is 0.106. The summed E-state index contributed by atoms with van der Waals surface area (Å²) in [6.45, 7) is -3.03. The molecule has 1 aromatic carbocycles. The van der Waals surface area contributed by atoms with E-state index in [1.165, 1.54) is 32.5 Å². The maximum absolute atomic E-state index is 12.4. The lowest BCUT2D eigenvalue weighted by Gasteiger charge is -2.12. The normalized spacial score (nSPS) is 10.3. The molecule has 0 fully saturated rings. The summed E-state index contributed by atoms with van der Waals surface area (Å²) < 4.78 is 39.2. The molecule has 1 heterocycles. The van der Waals surface area contributed by atoms with E-state index in [9.17, 15) is 13.6 Å². The van der Waals surface area contributed by atoms with Crippen LogP contribution >= 0.6 is 0 Å². The topological polar surface area (TPSA) is 69.7 Å². The van der Waals surface area contributed by atoms with Gasteiger partial charge in [-0.25, -0.2) is 4.98 Å². The number of halogens is 2. The summed E-state index contributed by atoms with van der Waals surface area (Å²) in [4.78, 5) is 16.2. The quantitative estimate of drug-likeness (QED) is 0.885. The molecule has 1 N–H and O–H groups in total. The van der Waals surface area contributed by atoms with Crippen molar-refractivity contribution >= 4 is 11.7 Å². The van der Waals surface area contributed by atoms with E-state index < -0.39 is 12.5 Å². The van der Waals surface area contributed by atoms with E-state index in [0.717, 1.165) is 6.07 Å². The van der Waals surface area contributed by atoms with Gasteiger partial charge in [-0.05, 0) is 30.3 Å². The second-order valence-electron chi connectivity index (χ2n) is 4.25. The first kappa shape index (κ1) is 16.5. The van der Waals surface area contributed by atoms with Crippen LogP contribution in [0, 0.1) is 0 Å². The first-order valence-corrected chi connectivity index (χ1v) is 6.48. The molecular formula is C15H14F2N2O4. The molecule has 1 amide bonds. The van der Waals surface area contributed by atoms with Crippen LogP contribution in [-0.2, 0) is 0 Å². The van der Waals surface area contributed by atoms with Gasteiger partial charge in [0.05, 0.1) is 14.2 Å². The third-order valence-electron chi connectivity index (χ3n) is 2.86. The Labute approximate surface area is 131 Å². The van der Waals surface area contributed by atoms with Crippen molar-refractivity contribution in [1.29, 1.82) is 0 Å². The Morgan fingerprint density at radius 2 is 1.87 bits per heavy atom. The number of hydrogen-bond donors (Lipinski definition) is 1.